The van der Waals surface area contributed by atoms with Gasteiger partial charge in [0.1, 0.15) is 10.6 Å². The fourth-order valence-corrected chi connectivity index (χ4v) is 3.84. The van der Waals surface area contributed by atoms with Gasteiger partial charge in [0.2, 0.25) is 0 Å². The fraction of sp³-hybridized carbons (Fsp3) is 0.368. The molecule has 1 amide bonds. The monoisotopic (exact) mass is 477 g/mol. The van der Waals surface area contributed by atoms with Crippen LogP contribution in [0.1, 0.15) is 44.6 Å². The molecule has 4 rings (SSSR count). The number of carbonyl (C=O) groups is 1. The molecule has 1 aliphatic rings. The van der Waals surface area contributed by atoms with E-state index in [2.05, 4.69) is 15.1 Å². The lowest BCUT2D eigenvalue weighted by molar-refractivity contribution is -0.141. The number of carbonyl (C=O) groups excluding carboxylic acids is 1. The summed E-state index contributed by atoms with van der Waals surface area (Å²) in [7, 11) is 0. The van der Waals surface area contributed by atoms with Crippen molar-refractivity contribution in [3.8, 4) is 11.3 Å². The first-order valence-electron chi connectivity index (χ1n) is 9.31. The molecule has 172 valence electrons. The largest absolute Gasteiger partial charge is 0.443 e. The molecule has 0 radical (unpaired) electrons. The number of pyridine rings is 1. The lowest BCUT2D eigenvalue weighted by Crippen LogP contribution is -2.10. The van der Waals surface area contributed by atoms with Crippen molar-refractivity contribution in [2.75, 3.05) is 0 Å². The van der Waals surface area contributed by atoms with Crippen LogP contribution in [0.5, 0.6) is 0 Å². The second-order valence-corrected chi connectivity index (χ2v) is 7.92. The number of hydrogen-bond acceptors (Lipinski definition) is 5. The molecule has 13 heteroatoms. The highest BCUT2D eigenvalue weighted by Crippen LogP contribution is 2.34. The Bertz CT molecular complexity index is 1090. The van der Waals surface area contributed by atoms with E-state index in [-0.39, 0.29) is 21.9 Å². The van der Waals surface area contributed by atoms with Gasteiger partial charge in [0.05, 0.1) is 11.4 Å². The van der Waals surface area contributed by atoms with Gasteiger partial charge in [-0.25, -0.2) is 4.98 Å². The van der Waals surface area contributed by atoms with Crippen molar-refractivity contribution in [2.24, 2.45) is 5.73 Å². The number of fused-ring (bicyclic) bond motifs is 1. The number of rotatable bonds is 2. The molecule has 0 fully saturated rings. The summed E-state index contributed by atoms with van der Waals surface area (Å²) >= 11 is 0.264. The highest BCUT2D eigenvalue weighted by atomic mass is 32.1. The van der Waals surface area contributed by atoms with Crippen molar-refractivity contribution < 1.29 is 31.1 Å². The molecule has 4 heterocycles. The molecule has 0 spiro atoms. The summed E-state index contributed by atoms with van der Waals surface area (Å²) in [6.07, 6.45) is -4.65. The standard InChI is InChI=1S/C13H12F3N3.C6H5F3N2OS/c14-13(15,16)12-7-9(4-5-17-12)11-8-10-3-1-2-6-19(10)18-11;1-2-3(4(10)12)13-5(11-2)6(7,8)9/h4-5,7-8H,1-3,6H2;1H3,(H2,10,12). The molecule has 3 aromatic rings. The zero-order valence-electron chi connectivity index (χ0n) is 16.6. The first-order chi connectivity index (χ1) is 14.9. The lowest BCUT2D eigenvalue weighted by Gasteiger charge is -2.11. The van der Waals surface area contributed by atoms with Gasteiger partial charge in [-0.3, -0.25) is 14.5 Å². The van der Waals surface area contributed by atoms with Crippen molar-refractivity contribution in [1.29, 1.82) is 0 Å². The van der Waals surface area contributed by atoms with E-state index in [4.69, 9.17) is 5.73 Å². The van der Waals surface area contributed by atoms with Crippen molar-refractivity contribution >= 4 is 17.2 Å². The molecule has 0 atom stereocenters. The molecule has 0 saturated heterocycles. The maximum absolute atomic E-state index is 12.6. The number of primary amides is 1. The third kappa shape index (κ3) is 5.44. The summed E-state index contributed by atoms with van der Waals surface area (Å²) in [6, 6.07) is 4.48. The van der Waals surface area contributed by atoms with Crippen LogP contribution in [0.4, 0.5) is 26.3 Å². The van der Waals surface area contributed by atoms with E-state index < -0.39 is 29.0 Å². The van der Waals surface area contributed by atoms with Gasteiger partial charge in [0, 0.05) is 24.0 Å². The second kappa shape index (κ2) is 8.88. The number of halogens is 6. The van der Waals surface area contributed by atoms with Gasteiger partial charge >= 0.3 is 12.4 Å². The Morgan fingerprint density at radius 1 is 1.12 bits per heavy atom. The van der Waals surface area contributed by atoms with Crippen LogP contribution in [0.2, 0.25) is 0 Å². The van der Waals surface area contributed by atoms with Crippen LogP contribution >= 0.6 is 11.3 Å². The number of nitrogens with zero attached hydrogens (tertiary/aromatic N) is 4. The maximum atomic E-state index is 12.6. The van der Waals surface area contributed by atoms with Crippen molar-refractivity contribution in [3.05, 3.63) is 51.4 Å². The van der Waals surface area contributed by atoms with Gasteiger partial charge in [-0.05, 0) is 44.4 Å². The summed E-state index contributed by atoms with van der Waals surface area (Å²) < 4.78 is 75.9. The molecule has 0 aliphatic carbocycles. The third-order valence-corrected chi connectivity index (χ3v) is 5.74. The predicted molar refractivity (Wildman–Crippen MR) is 104 cm³/mol. The minimum Gasteiger partial charge on any atom is -0.365 e. The highest BCUT2D eigenvalue weighted by Gasteiger charge is 2.36. The van der Waals surface area contributed by atoms with E-state index in [1.54, 1.807) is 6.07 Å². The number of thiazole rings is 1. The number of amides is 1. The first kappa shape index (κ1) is 23.7. The van der Waals surface area contributed by atoms with E-state index in [9.17, 15) is 31.1 Å². The van der Waals surface area contributed by atoms with E-state index >= 15 is 0 Å². The van der Waals surface area contributed by atoms with Crippen LogP contribution in [0.3, 0.4) is 0 Å². The molecular weight excluding hydrogens is 460 g/mol. The first-order valence-corrected chi connectivity index (χ1v) is 10.1. The molecule has 6 nitrogen and oxygen atoms in total. The minimum atomic E-state index is -4.51. The van der Waals surface area contributed by atoms with Gasteiger partial charge in [-0.2, -0.15) is 31.4 Å². The van der Waals surface area contributed by atoms with Gasteiger partial charge < -0.3 is 5.73 Å². The zero-order valence-corrected chi connectivity index (χ0v) is 17.4. The van der Waals surface area contributed by atoms with Crippen molar-refractivity contribution in [3.63, 3.8) is 0 Å². The van der Waals surface area contributed by atoms with Crippen LogP contribution in [-0.2, 0) is 25.3 Å². The second-order valence-electron chi connectivity index (χ2n) is 6.92. The molecular formula is C19H17F6N5OS. The van der Waals surface area contributed by atoms with Crippen LogP contribution in [-0.4, -0.2) is 25.7 Å². The number of nitrogens with two attached hydrogens (primary N) is 1. The summed E-state index contributed by atoms with van der Waals surface area (Å²) in [5.74, 6) is -0.884. The average Bonchev–Trinajstić information content (AvgIpc) is 3.31. The van der Waals surface area contributed by atoms with Crippen LogP contribution < -0.4 is 5.73 Å². The minimum absolute atomic E-state index is 0.0184. The SMILES string of the molecule is Cc1nc(C(F)(F)F)sc1C(N)=O.FC(F)(F)c1cc(-c2cc3n(n2)CCCC3)ccn1. The third-order valence-electron chi connectivity index (χ3n) is 4.53. The Labute approximate surface area is 182 Å². The van der Waals surface area contributed by atoms with Gasteiger partial charge in [-0.15, -0.1) is 11.3 Å². The maximum Gasteiger partial charge on any atom is 0.443 e. The van der Waals surface area contributed by atoms with Crippen LogP contribution in [0.15, 0.2) is 24.4 Å². The van der Waals surface area contributed by atoms with Crippen LogP contribution in [0, 0.1) is 6.92 Å². The van der Waals surface area contributed by atoms with E-state index in [0.717, 1.165) is 37.6 Å². The predicted octanol–water partition coefficient (Wildman–Crippen LogP) is 4.87. The van der Waals surface area contributed by atoms with E-state index in [1.165, 1.54) is 13.1 Å². The van der Waals surface area contributed by atoms with E-state index in [0.29, 0.717) is 11.3 Å². The highest BCUT2D eigenvalue weighted by molar-refractivity contribution is 7.13. The van der Waals surface area contributed by atoms with Crippen molar-refractivity contribution in [1.82, 2.24) is 19.7 Å². The number of aryl methyl sites for hydroxylation is 3. The quantitative estimate of drug-likeness (QED) is 0.534. The summed E-state index contributed by atoms with van der Waals surface area (Å²) in [5.41, 5.74) is 6.11. The normalized spacial score (nSPS) is 13.8. The molecule has 0 saturated carbocycles. The smallest absolute Gasteiger partial charge is 0.365 e. The summed E-state index contributed by atoms with van der Waals surface area (Å²) in [6.45, 7) is 2.15. The van der Waals surface area contributed by atoms with Gasteiger partial charge in [0.25, 0.3) is 5.91 Å². The van der Waals surface area contributed by atoms with E-state index in [1.807, 2.05) is 10.7 Å². The Hall–Kier alpha value is -2.96. The van der Waals surface area contributed by atoms with Gasteiger partial charge in [-0.1, -0.05) is 0 Å². The molecule has 3 aromatic heterocycles. The molecule has 2 N–H and O–H groups in total. The van der Waals surface area contributed by atoms with Gasteiger partial charge in [0.15, 0.2) is 5.01 Å². The molecule has 1 aliphatic heterocycles. The lowest BCUT2D eigenvalue weighted by atomic mass is 10.1. The molecule has 0 aromatic carbocycles. The molecule has 0 bridgehead atoms. The average molecular weight is 477 g/mol. The summed E-state index contributed by atoms with van der Waals surface area (Å²) in [5, 5.41) is 3.32. The zero-order chi connectivity index (χ0) is 23.7. The Kier molecular flexibility index (Phi) is 6.58. The molecule has 32 heavy (non-hydrogen) atoms. The molecule has 0 unspecified atom stereocenters. The Morgan fingerprint density at radius 3 is 2.38 bits per heavy atom. The summed E-state index contributed by atoms with van der Waals surface area (Å²) in [4.78, 5) is 17.0. The van der Waals surface area contributed by atoms with Crippen LogP contribution in [0.25, 0.3) is 11.3 Å². The van der Waals surface area contributed by atoms with Crippen molar-refractivity contribution in [2.45, 2.75) is 45.1 Å². The Balaban J connectivity index is 0.000000195. The number of aromatic nitrogens is 4. The number of hydrogen-bond donors (Lipinski definition) is 1. The fourth-order valence-electron chi connectivity index (χ4n) is 3.05. The Morgan fingerprint density at radius 2 is 1.84 bits per heavy atom. The topological polar surface area (TPSA) is 86.7 Å². The number of alkyl halides is 6.